The average Bonchev–Trinajstić information content (AvgIpc) is 2.49. The summed E-state index contributed by atoms with van der Waals surface area (Å²) in [5.41, 5.74) is 0.0166. The second-order valence-electron chi connectivity index (χ2n) is 11.7. The highest BCUT2D eigenvalue weighted by atomic mass is 16.6. The number of carboxylic acid groups (broad SMARTS) is 1. The Morgan fingerprint density at radius 1 is 0.897 bits per heavy atom. The molecule has 0 aromatic heterocycles. The Bertz CT molecular complexity index is 711. The topological polar surface area (TPSA) is 63.6 Å². The van der Waals surface area contributed by atoms with Crippen LogP contribution in [0.4, 0.5) is 0 Å². The molecular formula is C25H40O4. The summed E-state index contributed by atoms with van der Waals surface area (Å²) in [6.07, 6.45) is 1.15. The van der Waals surface area contributed by atoms with E-state index in [1.54, 1.807) is 20.8 Å². The van der Waals surface area contributed by atoms with E-state index in [1.165, 1.54) is 12.5 Å². The van der Waals surface area contributed by atoms with Gasteiger partial charge < -0.3 is 9.84 Å². The van der Waals surface area contributed by atoms with Crippen molar-refractivity contribution < 1.29 is 19.4 Å². The molecular weight excluding hydrogens is 364 g/mol. The van der Waals surface area contributed by atoms with Crippen molar-refractivity contribution in [1.29, 1.82) is 0 Å². The minimum Gasteiger partial charge on any atom is -0.480 e. The minimum atomic E-state index is -1.62. The second-order valence-corrected chi connectivity index (χ2v) is 11.7. The number of carboxylic acids is 1. The maximum absolute atomic E-state index is 12.6. The van der Waals surface area contributed by atoms with Crippen LogP contribution in [0.2, 0.25) is 0 Å². The predicted octanol–water partition coefficient (Wildman–Crippen LogP) is 6.23. The van der Waals surface area contributed by atoms with E-state index < -0.39 is 23.0 Å². The van der Waals surface area contributed by atoms with Crippen LogP contribution in [0.25, 0.3) is 0 Å². The van der Waals surface area contributed by atoms with Crippen LogP contribution in [-0.4, -0.2) is 22.6 Å². The molecule has 0 saturated heterocycles. The molecule has 2 atom stereocenters. The lowest BCUT2D eigenvalue weighted by Gasteiger charge is -2.36. The Hall–Kier alpha value is -1.84. The molecule has 1 aromatic carbocycles. The number of benzene rings is 1. The molecule has 1 rings (SSSR count). The van der Waals surface area contributed by atoms with Gasteiger partial charge in [0, 0.05) is 0 Å². The Balaban J connectivity index is 3.15. The van der Waals surface area contributed by atoms with Gasteiger partial charge in [0.25, 0.3) is 0 Å². The van der Waals surface area contributed by atoms with Crippen molar-refractivity contribution in [2.45, 2.75) is 93.6 Å². The van der Waals surface area contributed by atoms with Crippen molar-refractivity contribution in [3.8, 4) is 0 Å². The van der Waals surface area contributed by atoms with E-state index in [9.17, 15) is 14.7 Å². The molecule has 2 unspecified atom stereocenters. The zero-order chi connectivity index (χ0) is 22.8. The molecule has 0 fully saturated rings. The number of ether oxygens (including phenoxy) is 1. The van der Waals surface area contributed by atoms with Crippen LogP contribution in [0.5, 0.6) is 0 Å². The lowest BCUT2D eigenvalue weighted by atomic mass is 9.69. The summed E-state index contributed by atoms with van der Waals surface area (Å²) in [5.74, 6) is -1.49. The van der Waals surface area contributed by atoms with E-state index in [0.717, 1.165) is 12.0 Å². The van der Waals surface area contributed by atoms with Crippen LogP contribution >= 0.6 is 0 Å². The first-order chi connectivity index (χ1) is 12.8. The summed E-state index contributed by atoms with van der Waals surface area (Å²) in [7, 11) is 0. The molecule has 164 valence electrons. The fourth-order valence-electron chi connectivity index (χ4n) is 3.44. The van der Waals surface area contributed by atoms with E-state index in [2.05, 4.69) is 53.7 Å². The SMILES string of the molecule is CC(C)(C)CC(c1ccc(CC(C)(C(=O)O)C(=O)OC(C)(C)C)cc1)C(C)(C)C. The molecule has 0 aliphatic heterocycles. The van der Waals surface area contributed by atoms with Gasteiger partial charge in [0.15, 0.2) is 5.41 Å². The maximum Gasteiger partial charge on any atom is 0.324 e. The first kappa shape index (κ1) is 25.2. The molecule has 0 aliphatic carbocycles. The Labute approximate surface area is 177 Å². The van der Waals surface area contributed by atoms with Gasteiger partial charge in [0.1, 0.15) is 5.60 Å². The molecule has 1 aromatic rings. The number of carbonyl (C=O) groups excluding carboxylic acids is 1. The van der Waals surface area contributed by atoms with Crippen molar-refractivity contribution in [2.75, 3.05) is 0 Å². The van der Waals surface area contributed by atoms with E-state index >= 15 is 0 Å². The summed E-state index contributed by atoms with van der Waals surface area (Å²) in [6.45, 7) is 20.2. The smallest absolute Gasteiger partial charge is 0.324 e. The van der Waals surface area contributed by atoms with Gasteiger partial charge in [-0.05, 0) is 68.4 Å². The van der Waals surface area contributed by atoms with E-state index in [4.69, 9.17) is 4.74 Å². The van der Waals surface area contributed by atoms with Crippen molar-refractivity contribution in [3.63, 3.8) is 0 Å². The quantitative estimate of drug-likeness (QED) is 0.451. The lowest BCUT2D eigenvalue weighted by molar-refractivity contribution is -0.175. The van der Waals surface area contributed by atoms with Crippen LogP contribution in [-0.2, 0) is 20.7 Å². The third kappa shape index (κ3) is 7.49. The van der Waals surface area contributed by atoms with Crippen molar-refractivity contribution in [1.82, 2.24) is 0 Å². The standard InChI is InChI=1S/C25H40O4/c1-22(2,3)16-19(23(4,5)6)18-13-11-17(12-14-18)15-25(10,20(26)27)21(28)29-24(7,8)9/h11-14,19H,15-16H2,1-10H3,(H,26,27). The number of hydrogen-bond donors (Lipinski definition) is 1. The van der Waals surface area contributed by atoms with Crippen LogP contribution in [0.3, 0.4) is 0 Å². The first-order valence-electron chi connectivity index (χ1n) is 10.4. The Morgan fingerprint density at radius 2 is 1.38 bits per heavy atom. The van der Waals surface area contributed by atoms with Crippen LogP contribution in [0.1, 0.15) is 92.7 Å². The number of aliphatic carboxylic acids is 1. The number of carbonyl (C=O) groups is 2. The molecule has 0 amide bonds. The first-order valence-corrected chi connectivity index (χ1v) is 10.4. The van der Waals surface area contributed by atoms with E-state index in [0.29, 0.717) is 5.92 Å². The molecule has 1 N–H and O–H groups in total. The third-order valence-corrected chi connectivity index (χ3v) is 5.12. The maximum atomic E-state index is 12.6. The minimum absolute atomic E-state index is 0.0942. The van der Waals surface area contributed by atoms with Gasteiger partial charge in [-0.2, -0.15) is 0 Å². The fraction of sp³-hybridized carbons (Fsp3) is 0.680. The summed E-state index contributed by atoms with van der Waals surface area (Å²) >= 11 is 0. The molecule has 0 heterocycles. The number of esters is 1. The number of rotatable bonds is 6. The van der Waals surface area contributed by atoms with Gasteiger partial charge in [0.2, 0.25) is 0 Å². The molecule has 0 radical (unpaired) electrons. The largest absolute Gasteiger partial charge is 0.480 e. The molecule has 0 spiro atoms. The van der Waals surface area contributed by atoms with Gasteiger partial charge in [-0.25, -0.2) is 0 Å². The fourth-order valence-corrected chi connectivity index (χ4v) is 3.44. The molecule has 0 saturated carbocycles. The van der Waals surface area contributed by atoms with Gasteiger partial charge in [0.05, 0.1) is 0 Å². The average molecular weight is 405 g/mol. The van der Waals surface area contributed by atoms with E-state index in [1.807, 2.05) is 12.1 Å². The zero-order valence-corrected chi connectivity index (χ0v) is 20.0. The van der Waals surface area contributed by atoms with Gasteiger partial charge >= 0.3 is 11.9 Å². The monoisotopic (exact) mass is 404 g/mol. The Kier molecular flexibility index (Phi) is 7.38. The van der Waals surface area contributed by atoms with Gasteiger partial charge in [-0.15, -0.1) is 0 Å². The second kappa shape index (κ2) is 8.49. The molecule has 4 heteroatoms. The van der Waals surface area contributed by atoms with Crippen LogP contribution in [0, 0.1) is 16.2 Å². The van der Waals surface area contributed by atoms with Crippen molar-refractivity contribution in [2.24, 2.45) is 16.2 Å². The summed E-state index contributed by atoms with van der Waals surface area (Å²) in [6, 6.07) is 8.05. The highest BCUT2D eigenvalue weighted by Gasteiger charge is 2.44. The van der Waals surface area contributed by atoms with Crippen molar-refractivity contribution in [3.05, 3.63) is 35.4 Å². The summed E-state index contributed by atoms with van der Waals surface area (Å²) in [5, 5.41) is 9.74. The molecule has 29 heavy (non-hydrogen) atoms. The normalized spacial score (nSPS) is 16.1. The summed E-state index contributed by atoms with van der Waals surface area (Å²) < 4.78 is 5.38. The molecule has 0 aliphatic rings. The van der Waals surface area contributed by atoms with E-state index in [-0.39, 0.29) is 17.3 Å². The number of hydrogen-bond acceptors (Lipinski definition) is 3. The third-order valence-electron chi connectivity index (χ3n) is 5.12. The highest BCUT2D eigenvalue weighted by Crippen LogP contribution is 2.43. The highest BCUT2D eigenvalue weighted by molar-refractivity contribution is 5.99. The summed E-state index contributed by atoms with van der Waals surface area (Å²) in [4.78, 5) is 24.5. The zero-order valence-electron chi connectivity index (χ0n) is 20.0. The van der Waals surface area contributed by atoms with Crippen LogP contribution < -0.4 is 0 Å². The molecule has 4 nitrogen and oxygen atoms in total. The predicted molar refractivity (Wildman–Crippen MR) is 118 cm³/mol. The lowest BCUT2D eigenvalue weighted by Crippen LogP contribution is -2.43. The van der Waals surface area contributed by atoms with Gasteiger partial charge in [-0.3, -0.25) is 9.59 Å². The molecule has 0 bridgehead atoms. The van der Waals surface area contributed by atoms with Crippen molar-refractivity contribution >= 4 is 11.9 Å². The van der Waals surface area contributed by atoms with Gasteiger partial charge in [-0.1, -0.05) is 65.8 Å². The van der Waals surface area contributed by atoms with Crippen LogP contribution in [0.15, 0.2) is 24.3 Å². The Morgan fingerprint density at radius 3 is 1.72 bits per heavy atom.